The molecule has 7 heteroatoms. The largest absolute Gasteiger partial charge is 0.495 e. The van der Waals surface area contributed by atoms with Crippen molar-refractivity contribution in [3.05, 3.63) is 42.0 Å². The van der Waals surface area contributed by atoms with Crippen LogP contribution in [0.25, 0.3) is 11.1 Å². The number of carbonyl (C=O) groups is 1. The predicted octanol–water partition coefficient (Wildman–Crippen LogP) is 4.91. The van der Waals surface area contributed by atoms with E-state index in [1.54, 1.807) is 7.11 Å². The van der Waals surface area contributed by atoms with Gasteiger partial charge in [-0.25, -0.2) is 4.79 Å². The molecule has 1 fully saturated rings. The fraction of sp³-hybridized carbons (Fsp3) is 0.458. The number of carboxylic acid groups (broad SMARTS) is 1. The molecule has 0 bridgehead atoms. The van der Waals surface area contributed by atoms with Crippen LogP contribution in [0.5, 0.6) is 11.5 Å². The van der Waals surface area contributed by atoms with Crippen molar-refractivity contribution >= 4 is 11.8 Å². The molecule has 2 aliphatic rings. The second-order valence-electron chi connectivity index (χ2n) is 9.36. The molecule has 3 N–H and O–H groups in total. The van der Waals surface area contributed by atoms with Crippen molar-refractivity contribution in [3.63, 3.8) is 0 Å². The summed E-state index contributed by atoms with van der Waals surface area (Å²) in [6.07, 6.45) is -0.0884. The molecule has 0 radical (unpaired) electrons. The van der Waals surface area contributed by atoms with Crippen molar-refractivity contribution in [2.45, 2.75) is 45.5 Å². The van der Waals surface area contributed by atoms with E-state index in [0.717, 1.165) is 22.4 Å². The quantitative estimate of drug-likeness (QED) is 0.663. The van der Waals surface area contributed by atoms with E-state index < -0.39 is 11.9 Å². The zero-order valence-corrected chi connectivity index (χ0v) is 18.5. The third-order valence-electron chi connectivity index (χ3n) is 6.07. The number of hydrogen-bond acceptors (Lipinski definition) is 5. The van der Waals surface area contributed by atoms with E-state index in [4.69, 9.17) is 19.9 Å². The summed E-state index contributed by atoms with van der Waals surface area (Å²) in [6, 6.07) is 11.9. The lowest BCUT2D eigenvalue weighted by Crippen LogP contribution is -2.54. The van der Waals surface area contributed by atoms with Crippen LogP contribution in [-0.4, -0.2) is 42.1 Å². The van der Waals surface area contributed by atoms with E-state index in [9.17, 15) is 9.90 Å². The summed E-state index contributed by atoms with van der Waals surface area (Å²) < 4.78 is 18.2. The van der Waals surface area contributed by atoms with Crippen LogP contribution >= 0.6 is 0 Å². The van der Waals surface area contributed by atoms with E-state index in [-0.39, 0.29) is 11.5 Å². The first kappa shape index (κ1) is 21.3. The Hall–Kier alpha value is -2.93. The van der Waals surface area contributed by atoms with Gasteiger partial charge in [0.2, 0.25) is 5.79 Å². The Morgan fingerprint density at radius 3 is 2.39 bits per heavy atom. The molecule has 0 saturated carbocycles. The highest BCUT2D eigenvalue weighted by molar-refractivity contribution is 5.72. The molecule has 2 aromatic carbocycles. The standard InChI is InChI=1S/C24H30N2O5/c1-23(2,3)21-17-13-15(16-6-8-20(29-4)18(25)14-16)5-7-19(17)30-24(31-21)9-11-26(12-10-24)22(27)28/h5-8,13-14,21H,9-12,25H2,1-4H3,(H,27,28). The maximum atomic E-state index is 11.3. The van der Waals surface area contributed by atoms with Crippen LogP contribution in [0, 0.1) is 5.41 Å². The number of likely N-dealkylation sites (tertiary alicyclic amines) is 1. The zero-order valence-electron chi connectivity index (χ0n) is 18.5. The van der Waals surface area contributed by atoms with Crippen molar-refractivity contribution in [1.82, 2.24) is 4.90 Å². The van der Waals surface area contributed by atoms with Crippen LogP contribution in [0.15, 0.2) is 36.4 Å². The summed E-state index contributed by atoms with van der Waals surface area (Å²) in [6.45, 7) is 7.22. The van der Waals surface area contributed by atoms with Gasteiger partial charge >= 0.3 is 6.09 Å². The number of nitrogens with two attached hydrogens (primary N) is 1. The topological polar surface area (TPSA) is 94.2 Å². The number of hydrogen-bond donors (Lipinski definition) is 2. The van der Waals surface area contributed by atoms with Gasteiger partial charge in [-0.2, -0.15) is 0 Å². The molecular formula is C24H30N2O5. The summed E-state index contributed by atoms with van der Waals surface area (Å²) in [5.41, 5.74) is 9.52. The van der Waals surface area contributed by atoms with Gasteiger partial charge in [0.05, 0.1) is 18.9 Å². The molecule has 166 valence electrons. The van der Waals surface area contributed by atoms with Crippen LogP contribution in [0.4, 0.5) is 10.5 Å². The molecule has 7 nitrogen and oxygen atoms in total. The highest BCUT2D eigenvalue weighted by atomic mass is 16.7. The number of amides is 1. The zero-order chi connectivity index (χ0) is 22.4. The van der Waals surface area contributed by atoms with Gasteiger partial charge in [0.1, 0.15) is 11.5 Å². The summed E-state index contributed by atoms with van der Waals surface area (Å²) >= 11 is 0. The molecular weight excluding hydrogens is 396 g/mol. The number of benzene rings is 2. The Balaban J connectivity index is 1.69. The van der Waals surface area contributed by atoms with E-state index in [0.29, 0.717) is 37.4 Å². The summed E-state index contributed by atoms with van der Waals surface area (Å²) in [5.74, 6) is 0.638. The average molecular weight is 427 g/mol. The second kappa shape index (κ2) is 7.64. The van der Waals surface area contributed by atoms with E-state index in [1.165, 1.54) is 4.90 Å². The number of methoxy groups -OCH3 is 1. The molecule has 1 saturated heterocycles. The van der Waals surface area contributed by atoms with Gasteiger partial charge in [-0.3, -0.25) is 0 Å². The van der Waals surface area contributed by atoms with Crippen molar-refractivity contribution in [1.29, 1.82) is 0 Å². The monoisotopic (exact) mass is 426 g/mol. The smallest absolute Gasteiger partial charge is 0.407 e. The van der Waals surface area contributed by atoms with Crippen molar-refractivity contribution in [3.8, 4) is 22.6 Å². The number of fused-ring (bicyclic) bond motifs is 1. The molecule has 31 heavy (non-hydrogen) atoms. The lowest BCUT2D eigenvalue weighted by molar-refractivity contribution is -0.266. The van der Waals surface area contributed by atoms with Crippen LogP contribution in [-0.2, 0) is 4.74 Å². The van der Waals surface area contributed by atoms with Gasteiger partial charge in [0.15, 0.2) is 0 Å². The van der Waals surface area contributed by atoms with Crippen LogP contribution in [0.1, 0.15) is 45.3 Å². The Bertz CT molecular complexity index is 990. The number of ether oxygens (including phenoxy) is 3. The third kappa shape index (κ3) is 4.02. The second-order valence-corrected chi connectivity index (χ2v) is 9.36. The van der Waals surface area contributed by atoms with Crippen molar-refractivity contribution < 1.29 is 24.1 Å². The first-order chi connectivity index (χ1) is 14.6. The fourth-order valence-electron chi connectivity index (χ4n) is 4.34. The SMILES string of the molecule is COc1ccc(-c2ccc3c(c2)C(C(C)(C)C)OC2(CCN(C(=O)O)CC2)O3)cc1N. The van der Waals surface area contributed by atoms with Crippen LogP contribution in [0.2, 0.25) is 0 Å². The van der Waals surface area contributed by atoms with Gasteiger partial charge in [-0.1, -0.05) is 32.9 Å². The molecule has 1 spiro atoms. The van der Waals surface area contributed by atoms with Gasteiger partial charge in [-0.05, 0) is 40.8 Å². The van der Waals surface area contributed by atoms with Crippen LogP contribution in [0.3, 0.4) is 0 Å². The Morgan fingerprint density at radius 1 is 1.16 bits per heavy atom. The molecule has 1 amide bonds. The fourth-order valence-corrected chi connectivity index (χ4v) is 4.34. The lowest BCUT2D eigenvalue weighted by Gasteiger charge is -2.49. The Labute approximate surface area is 182 Å². The third-order valence-corrected chi connectivity index (χ3v) is 6.07. The maximum absolute atomic E-state index is 11.3. The van der Waals surface area contributed by atoms with Crippen molar-refractivity contribution in [2.24, 2.45) is 5.41 Å². The molecule has 2 aliphatic heterocycles. The van der Waals surface area contributed by atoms with E-state index in [2.05, 4.69) is 26.8 Å². The van der Waals surface area contributed by atoms with Gasteiger partial charge < -0.3 is 30.0 Å². The summed E-state index contributed by atoms with van der Waals surface area (Å²) in [7, 11) is 1.60. The molecule has 2 aromatic rings. The first-order valence-corrected chi connectivity index (χ1v) is 10.5. The summed E-state index contributed by atoms with van der Waals surface area (Å²) in [5, 5.41) is 9.28. The molecule has 1 atom stereocenters. The predicted molar refractivity (Wildman–Crippen MR) is 118 cm³/mol. The van der Waals surface area contributed by atoms with Gasteiger partial charge in [0, 0.05) is 31.5 Å². The number of nitrogen functional groups attached to an aromatic ring is 1. The molecule has 0 aromatic heterocycles. The molecule has 2 heterocycles. The first-order valence-electron chi connectivity index (χ1n) is 10.5. The molecule has 1 unspecified atom stereocenters. The van der Waals surface area contributed by atoms with E-state index >= 15 is 0 Å². The minimum absolute atomic E-state index is 0.174. The van der Waals surface area contributed by atoms with Crippen LogP contribution < -0.4 is 15.2 Å². The lowest BCUT2D eigenvalue weighted by atomic mass is 9.82. The van der Waals surface area contributed by atoms with Crippen molar-refractivity contribution in [2.75, 3.05) is 25.9 Å². The number of anilines is 1. The average Bonchev–Trinajstić information content (AvgIpc) is 2.72. The maximum Gasteiger partial charge on any atom is 0.407 e. The molecule has 4 rings (SSSR count). The van der Waals surface area contributed by atoms with Gasteiger partial charge in [-0.15, -0.1) is 0 Å². The highest BCUT2D eigenvalue weighted by Crippen LogP contribution is 2.50. The number of piperidine rings is 1. The Kier molecular flexibility index (Phi) is 5.25. The number of rotatable bonds is 2. The minimum atomic E-state index is -0.901. The number of nitrogens with zero attached hydrogens (tertiary/aromatic N) is 1. The van der Waals surface area contributed by atoms with Gasteiger partial charge in [0.25, 0.3) is 0 Å². The molecule has 0 aliphatic carbocycles. The Morgan fingerprint density at radius 2 is 1.81 bits per heavy atom. The normalized spacial score (nSPS) is 20.1. The minimum Gasteiger partial charge on any atom is -0.495 e. The highest BCUT2D eigenvalue weighted by Gasteiger charge is 2.48. The van der Waals surface area contributed by atoms with E-state index in [1.807, 2.05) is 30.3 Å². The summed E-state index contributed by atoms with van der Waals surface area (Å²) in [4.78, 5) is 12.7.